The fourth-order valence-corrected chi connectivity index (χ4v) is 4.18. The lowest BCUT2D eigenvalue weighted by Crippen LogP contribution is -2.40. The molecule has 2 rings (SSSR count). The molecule has 1 aliphatic carbocycles. The quantitative estimate of drug-likeness (QED) is 0.885. The van der Waals surface area contributed by atoms with E-state index >= 15 is 0 Å². The van der Waals surface area contributed by atoms with Gasteiger partial charge in [-0.25, -0.2) is 22.9 Å². The molecule has 21 heavy (non-hydrogen) atoms. The Kier molecular flexibility index (Phi) is 4.63. The zero-order chi connectivity index (χ0) is 15.6. The maximum Gasteiger partial charge on any atom is 0.337 e. The summed E-state index contributed by atoms with van der Waals surface area (Å²) in [5, 5.41) is 8.65. The van der Waals surface area contributed by atoms with Crippen LogP contribution in [0.1, 0.15) is 43.5 Å². The van der Waals surface area contributed by atoms with Crippen molar-refractivity contribution in [3.63, 3.8) is 0 Å². The van der Waals surface area contributed by atoms with Crippen LogP contribution in [0.4, 0.5) is 0 Å². The van der Waals surface area contributed by atoms with Crippen molar-refractivity contribution < 1.29 is 18.3 Å². The van der Waals surface area contributed by atoms with Crippen LogP contribution in [0.2, 0.25) is 0 Å². The molecule has 1 heterocycles. The van der Waals surface area contributed by atoms with Gasteiger partial charge >= 0.3 is 5.97 Å². The van der Waals surface area contributed by atoms with Crippen LogP contribution in [0.5, 0.6) is 0 Å². The van der Waals surface area contributed by atoms with Gasteiger partial charge in [-0.15, -0.1) is 0 Å². The molecule has 1 saturated carbocycles. The average molecular weight is 312 g/mol. The van der Waals surface area contributed by atoms with Gasteiger partial charge in [-0.3, -0.25) is 0 Å². The van der Waals surface area contributed by atoms with Crippen molar-refractivity contribution in [3.05, 3.63) is 23.9 Å². The Bertz CT molecular complexity index is 602. The van der Waals surface area contributed by atoms with Crippen LogP contribution in [0, 0.1) is 11.8 Å². The van der Waals surface area contributed by atoms with Gasteiger partial charge in [0.05, 0.1) is 5.56 Å². The molecule has 1 aromatic heterocycles. The molecule has 0 saturated heterocycles. The number of carboxylic acid groups (broad SMARTS) is 1. The van der Waals surface area contributed by atoms with E-state index in [4.69, 9.17) is 5.11 Å². The number of carbonyl (C=O) groups is 1. The number of rotatable bonds is 4. The van der Waals surface area contributed by atoms with E-state index < -0.39 is 16.0 Å². The van der Waals surface area contributed by atoms with E-state index in [1.54, 1.807) is 0 Å². The van der Waals surface area contributed by atoms with Gasteiger partial charge < -0.3 is 5.11 Å². The minimum Gasteiger partial charge on any atom is -0.478 e. The van der Waals surface area contributed by atoms with Gasteiger partial charge in [0.1, 0.15) is 0 Å². The van der Waals surface area contributed by atoms with E-state index in [1.807, 2.05) is 0 Å². The number of nitrogens with one attached hydrogen (secondary N) is 1. The molecule has 0 aliphatic heterocycles. The number of pyridine rings is 1. The lowest BCUT2D eigenvalue weighted by atomic mass is 9.81. The molecule has 0 spiro atoms. The van der Waals surface area contributed by atoms with Crippen molar-refractivity contribution in [1.82, 2.24) is 9.71 Å². The van der Waals surface area contributed by atoms with Crippen molar-refractivity contribution in [1.29, 1.82) is 0 Å². The number of hydrogen-bond donors (Lipinski definition) is 2. The molecule has 116 valence electrons. The van der Waals surface area contributed by atoms with Crippen LogP contribution in [0.3, 0.4) is 0 Å². The van der Waals surface area contributed by atoms with E-state index in [-0.39, 0.29) is 16.6 Å². The zero-order valence-corrected chi connectivity index (χ0v) is 12.9. The fraction of sp³-hybridized carbons (Fsp3) is 0.571. The highest BCUT2D eigenvalue weighted by Gasteiger charge is 2.28. The maximum absolute atomic E-state index is 12.3. The molecule has 2 N–H and O–H groups in total. The Balaban J connectivity index is 2.12. The number of aromatic nitrogens is 1. The van der Waals surface area contributed by atoms with Crippen LogP contribution in [-0.2, 0) is 10.0 Å². The Morgan fingerprint density at radius 3 is 2.33 bits per heavy atom. The maximum atomic E-state index is 12.3. The third kappa shape index (κ3) is 4.01. The molecule has 0 radical (unpaired) electrons. The Morgan fingerprint density at radius 1 is 1.24 bits per heavy atom. The monoisotopic (exact) mass is 312 g/mol. The fourth-order valence-electron chi connectivity index (χ4n) is 2.99. The van der Waals surface area contributed by atoms with Crippen LogP contribution in [-0.4, -0.2) is 30.5 Å². The Hall–Kier alpha value is -1.47. The minimum absolute atomic E-state index is 0.0335. The summed E-state index contributed by atoms with van der Waals surface area (Å²) >= 11 is 0. The number of hydrogen-bond acceptors (Lipinski definition) is 4. The second-order valence-electron chi connectivity index (χ2n) is 5.93. The summed E-state index contributed by atoms with van der Waals surface area (Å²) in [6.45, 7) is 4.24. The van der Waals surface area contributed by atoms with Gasteiger partial charge in [-0.05, 0) is 43.2 Å². The molecular formula is C14H20N2O4S. The third-order valence-corrected chi connectivity index (χ3v) is 5.19. The Morgan fingerprint density at radius 2 is 1.86 bits per heavy atom. The third-order valence-electron chi connectivity index (χ3n) is 3.76. The zero-order valence-electron chi connectivity index (χ0n) is 12.1. The van der Waals surface area contributed by atoms with Crippen molar-refractivity contribution in [2.24, 2.45) is 11.8 Å². The Labute approximate surface area is 124 Å². The molecular weight excluding hydrogens is 292 g/mol. The molecule has 2 unspecified atom stereocenters. The summed E-state index contributed by atoms with van der Waals surface area (Å²) < 4.78 is 27.2. The van der Waals surface area contributed by atoms with Crippen molar-refractivity contribution in [2.45, 2.75) is 44.2 Å². The van der Waals surface area contributed by atoms with Gasteiger partial charge in [0.2, 0.25) is 0 Å². The highest BCUT2D eigenvalue weighted by Crippen LogP contribution is 2.29. The first kappa shape index (κ1) is 15.9. The van der Waals surface area contributed by atoms with Crippen LogP contribution >= 0.6 is 0 Å². The molecule has 7 heteroatoms. The molecule has 0 aromatic carbocycles. The lowest BCUT2D eigenvalue weighted by Gasteiger charge is -2.31. The average Bonchev–Trinajstić information content (AvgIpc) is 2.37. The predicted octanol–water partition coefficient (Wildman–Crippen LogP) is 1.88. The predicted molar refractivity (Wildman–Crippen MR) is 77.5 cm³/mol. The first-order chi connectivity index (χ1) is 9.78. The van der Waals surface area contributed by atoms with Gasteiger partial charge in [-0.1, -0.05) is 13.8 Å². The summed E-state index contributed by atoms with van der Waals surface area (Å²) in [5.41, 5.74) is -0.0335. The van der Waals surface area contributed by atoms with Crippen LogP contribution in [0.25, 0.3) is 0 Å². The molecule has 1 aliphatic rings. The molecule has 1 fully saturated rings. The summed E-state index contributed by atoms with van der Waals surface area (Å²) in [6, 6.07) is 2.38. The van der Waals surface area contributed by atoms with Crippen molar-refractivity contribution >= 4 is 16.0 Å². The van der Waals surface area contributed by atoms with Gasteiger partial charge in [0, 0.05) is 12.2 Å². The summed E-state index contributed by atoms with van der Waals surface area (Å²) in [6.07, 6.45) is 3.81. The topological polar surface area (TPSA) is 96.4 Å². The minimum atomic E-state index is -3.70. The largest absolute Gasteiger partial charge is 0.478 e. The van der Waals surface area contributed by atoms with Gasteiger partial charge in [0.25, 0.3) is 10.0 Å². The van der Waals surface area contributed by atoms with E-state index in [1.165, 1.54) is 12.1 Å². The van der Waals surface area contributed by atoms with Crippen LogP contribution in [0.15, 0.2) is 23.4 Å². The highest BCUT2D eigenvalue weighted by atomic mass is 32.2. The smallest absolute Gasteiger partial charge is 0.337 e. The van der Waals surface area contributed by atoms with Crippen LogP contribution < -0.4 is 4.72 Å². The number of nitrogens with zero attached hydrogens (tertiary/aromatic N) is 1. The molecule has 0 bridgehead atoms. The summed E-state index contributed by atoms with van der Waals surface area (Å²) in [4.78, 5) is 14.5. The van der Waals surface area contributed by atoms with E-state index in [0.29, 0.717) is 11.8 Å². The molecule has 1 aromatic rings. The molecule has 0 amide bonds. The standard InChI is InChI=1S/C14H20N2O4S/c1-9-5-10(2)7-12(6-9)16-21(19,20)13-4-3-11(8-15-13)14(17)18/h3-4,8-10,12,16H,5-7H2,1-2H3,(H,17,18). The van der Waals surface area contributed by atoms with Gasteiger partial charge in [0.15, 0.2) is 5.03 Å². The summed E-state index contributed by atoms with van der Waals surface area (Å²) in [7, 11) is -3.70. The normalized spacial score (nSPS) is 26.5. The van der Waals surface area contributed by atoms with E-state index in [9.17, 15) is 13.2 Å². The highest BCUT2D eigenvalue weighted by molar-refractivity contribution is 7.89. The second-order valence-corrected chi connectivity index (χ2v) is 7.59. The number of aromatic carboxylic acids is 1. The molecule has 6 nitrogen and oxygen atoms in total. The summed E-state index contributed by atoms with van der Waals surface area (Å²) in [5.74, 6) is -0.151. The first-order valence-corrected chi connectivity index (χ1v) is 8.48. The van der Waals surface area contributed by atoms with E-state index in [2.05, 4.69) is 23.6 Å². The number of sulfonamides is 1. The number of carboxylic acids is 1. The van der Waals surface area contributed by atoms with Crippen molar-refractivity contribution in [3.8, 4) is 0 Å². The van der Waals surface area contributed by atoms with Gasteiger partial charge in [-0.2, -0.15) is 0 Å². The lowest BCUT2D eigenvalue weighted by molar-refractivity contribution is 0.0696. The SMILES string of the molecule is CC1CC(C)CC(NS(=O)(=O)c2ccc(C(=O)O)cn2)C1. The van der Waals surface area contributed by atoms with E-state index in [0.717, 1.165) is 25.5 Å². The molecule has 2 atom stereocenters. The second kappa shape index (κ2) is 6.11. The van der Waals surface area contributed by atoms with Crippen molar-refractivity contribution in [2.75, 3.05) is 0 Å². The first-order valence-electron chi connectivity index (χ1n) is 6.99.